The number of aldehydes is 1. The van der Waals surface area contributed by atoms with E-state index in [0.717, 1.165) is 28.3 Å². The van der Waals surface area contributed by atoms with Crippen LogP contribution < -0.4 is 16.4 Å². The molecule has 0 aliphatic carbocycles. The molecule has 0 spiro atoms. The average Bonchev–Trinajstić information content (AvgIpc) is 2.95. The second kappa shape index (κ2) is 8.05. The van der Waals surface area contributed by atoms with E-state index in [1.807, 2.05) is 47.7 Å². The van der Waals surface area contributed by atoms with Gasteiger partial charge in [-0.2, -0.15) is 0 Å². The maximum atomic E-state index is 13.1. The summed E-state index contributed by atoms with van der Waals surface area (Å²) >= 11 is 0. The standard InChI is InChI=1S/C22H34N4O2/c1-21(2,3)18(13-27)25-20(28)19(24-6)22(4,5)16-12-26(7)17-9-8-14(11-23)10-15(16)17/h8-10,12-13,18-19,24H,11,23H2,1-7H3,(H,25,28). The lowest BCUT2D eigenvalue weighted by Crippen LogP contribution is -2.57. The van der Waals surface area contributed by atoms with Crippen molar-refractivity contribution in [2.24, 2.45) is 18.2 Å². The Bertz CT molecular complexity index is 861. The van der Waals surface area contributed by atoms with Crippen molar-refractivity contribution in [3.63, 3.8) is 0 Å². The summed E-state index contributed by atoms with van der Waals surface area (Å²) in [4.78, 5) is 24.6. The summed E-state index contributed by atoms with van der Waals surface area (Å²) in [7, 11) is 3.77. The molecule has 2 unspecified atom stereocenters. The monoisotopic (exact) mass is 386 g/mol. The van der Waals surface area contributed by atoms with Gasteiger partial charge in [0.2, 0.25) is 5.91 Å². The number of nitrogens with two attached hydrogens (primary N) is 1. The van der Waals surface area contributed by atoms with E-state index < -0.39 is 17.5 Å². The van der Waals surface area contributed by atoms with Gasteiger partial charge in [0.25, 0.3) is 0 Å². The van der Waals surface area contributed by atoms with Gasteiger partial charge in [-0.3, -0.25) is 4.79 Å². The van der Waals surface area contributed by atoms with Gasteiger partial charge >= 0.3 is 0 Å². The summed E-state index contributed by atoms with van der Waals surface area (Å²) in [5, 5.41) is 7.17. The van der Waals surface area contributed by atoms with Crippen LogP contribution in [0.1, 0.15) is 45.7 Å². The highest BCUT2D eigenvalue weighted by molar-refractivity contribution is 5.90. The number of hydrogen-bond acceptors (Lipinski definition) is 4. The molecule has 6 nitrogen and oxygen atoms in total. The van der Waals surface area contributed by atoms with E-state index in [1.165, 1.54) is 0 Å². The second-order valence-corrected chi connectivity index (χ2v) is 9.14. The summed E-state index contributed by atoms with van der Waals surface area (Å²) < 4.78 is 2.07. The van der Waals surface area contributed by atoms with Crippen LogP contribution in [0.5, 0.6) is 0 Å². The van der Waals surface area contributed by atoms with Gasteiger partial charge in [0, 0.05) is 36.1 Å². The molecule has 2 atom stereocenters. The number of fused-ring (bicyclic) bond motifs is 1. The fraction of sp³-hybridized carbons (Fsp3) is 0.545. The normalized spacial score (nSPS) is 14.7. The van der Waals surface area contributed by atoms with Crippen molar-refractivity contribution in [2.45, 2.75) is 58.7 Å². The number of hydrogen-bond donors (Lipinski definition) is 3. The number of aromatic nitrogens is 1. The number of aryl methyl sites for hydroxylation is 1. The molecule has 154 valence electrons. The number of benzene rings is 1. The van der Waals surface area contributed by atoms with E-state index >= 15 is 0 Å². The molecule has 1 heterocycles. The van der Waals surface area contributed by atoms with Crippen LogP contribution in [0, 0.1) is 5.41 Å². The highest BCUT2D eigenvalue weighted by Gasteiger charge is 2.39. The third-order valence-corrected chi connectivity index (χ3v) is 5.62. The van der Waals surface area contributed by atoms with Gasteiger partial charge in [0.1, 0.15) is 6.29 Å². The molecular formula is C22H34N4O2. The van der Waals surface area contributed by atoms with Gasteiger partial charge in [0.05, 0.1) is 12.1 Å². The molecule has 0 radical (unpaired) electrons. The molecule has 0 saturated heterocycles. The molecule has 1 aromatic heterocycles. The quantitative estimate of drug-likeness (QED) is 0.637. The van der Waals surface area contributed by atoms with E-state index in [1.54, 1.807) is 7.05 Å². The molecule has 1 aromatic carbocycles. The van der Waals surface area contributed by atoms with E-state index in [2.05, 4.69) is 33.5 Å². The smallest absolute Gasteiger partial charge is 0.238 e. The van der Waals surface area contributed by atoms with Crippen molar-refractivity contribution in [1.82, 2.24) is 15.2 Å². The molecule has 0 aliphatic heterocycles. The van der Waals surface area contributed by atoms with Crippen molar-refractivity contribution < 1.29 is 9.59 Å². The van der Waals surface area contributed by atoms with E-state index in [4.69, 9.17) is 5.73 Å². The summed E-state index contributed by atoms with van der Waals surface area (Å²) in [6, 6.07) is 5.13. The minimum Gasteiger partial charge on any atom is -0.350 e. The number of carbonyl (C=O) groups excluding carboxylic acids is 2. The van der Waals surface area contributed by atoms with E-state index in [0.29, 0.717) is 6.54 Å². The number of nitrogens with one attached hydrogen (secondary N) is 2. The number of carbonyl (C=O) groups is 2. The van der Waals surface area contributed by atoms with Crippen LogP contribution in [0.25, 0.3) is 10.9 Å². The highest BCUT2D eigenvalue weighted by Crippen LogP contribution is 2.35. The Morgan fingerprint density at radius 2 is 1.89 bits per heavy atom. The van der Waals surface area contributed by atoms with Crippen molar-refractivity contribution in [3.8, 4) is 0 Å². The zero-order valence-electron chi connectivity index (χ0n) is 18.1. The average molecular weight is 387 g/mol. The van der Waals surface area contributed by atoms with Crippen LogP contribution >= 0.6 is 0 Å². The summed E-state index contributed by atoms with van der Waals surface area (Å²) in [5.41, 5.74) is 8.17. The Morgan fingerprint density at radius 1 is 1.25 bits per heavy atom. The maximum Gasteiger partial charge on any atom is 0.238 e. The first kappa shape index (κ1) is 22.1. The van der Waals surface area contributed by atoms with Crippen molar-refractivity contribution >= 4 is 23.1 Å². The summed E-state index contributed by atoms with van der Waals surface area (Å²) in [5.74, 6) is -0.188. The topological polar surface area (TPSA) is 89.2 Å². The lowest BCUT2D eigenvalue weighted by molar-refractivity contribution is -0.128. The molecule has 0 saturated carbocycles. The fourth-order valence-corrected chi connectivity index (χ4v) is 3.75. The molecule has 4 N–H and O–H groups in total. The lowest BCUT2D eigenvalue weighted by Gasteiger charge is -2.35. The van der Waals surface area contributed by atoms with Crippen LogP contribution in [-0.2, 0) is 28.6 Å². The first-order valence-corrected chi connectivity index (χ1v) is 9.68. The lowest BCUT2D eigenvalue weighted by atomic mass is 9.76. The Labute approximate surface area is 167 Å². The Balaban J connectivity index is 2.47. The van der Waals surface area contributed by atoms with Crippen molar-refractivity contribution in [1.29, 1.82) is 0 Å². The van der Waals surface area contributed by atoms with Crippen LogP contribution in [0.15, 0.2) is 24.4 Å². The molecule has 0 fully saturated rings. The summed E-state index contributed by atoms with van der Waals surface area (Å²) in [6.45, 7) is 10.4. The van der Waals surface area contributed by atoms with E-state index in [-0.39, 0.29) is 11.3 Å². The number of likely N-dealkylation sites (N-methyl/N-ethyl adjacent to an activating group) is 1. The Morgan fingerprint density at radius 3 is 2.39 bits per heavy atom. The largest absolute Gasteiger partial charge is 0.350 e. The maximum absolute atomic E-state index is 13.1. The van der Waals surface area contributed by atoms with Gasteiger partial charge in [-0.15, -0.1) is 0 Å². The third kappa shape index (κ3) is 4.13. The van der Waals surface area contributed by atoms with E-state index in [9.17, 15) is 9.59 Å². The predicted molar refractivity (Wildman–Crippen MR) is 114 cm³/mol. The van der Waals surface area contributed by atoms with Crippen LogP contribution in [0.3, 0.4) is 0 Å². The van der Waals surface area contributed by atoms with Crippen molar-refractivity contribution in [2.75, 3.05) is 7.05 Å². The van der Waals surface area contributed by atoms with Gasteiger partial charge < -0.3 is 25.7 Å². The minimum absolute atomic E-state index is 0.188. The number of nitrogens with zero attached hydrogens (tertiary/aromatic N) is 1. The third-order valence-electron chi connectivity index (χ3n) is 5.62. The second-order valence-electron chi connectivity index (χ2n) is 9.14. The number of amides is 1. The minimum atomic E-state index is -0.553. The Hall–Kier alpha value is -2.18. The summed E-state index contributed by atoms with van der Waals surface area (Å²) in [6.07, 6.45) is 2.88. The van der Waals surface area contributed by atoms with Crippen LogP contribution in [0.4, 0.5) is 0 Å². The zero-order valence-corrected chi connectivity index (χ0v) is 18.1. The molecule has 28 heavy (non-hydrogen) atoms. The fourth-order valence-electron chi connectivity index (χ4n) is 3.75. The Kier molecular flexibility index (Phi) is 6.36. The first-order chi connectivity index (χ1) is 13.0. The van der Waals surface area contributed by atoms with Crippen LogP contribution in [0.2, 0.25) is 0 Å². The van der Waals surface area contributed by atoms with Gasteiger partial charge in [-0.1, -0.05) is 40.7 Å². The highest BCUT2D eigenvalue weighted by atomic mass is 16.2. The van der Waals surface area contributed by atoms with Crippen LogP contribution in [-0.4, -0.2) is 35.9 Å². The van der Waals surface area contributed by atoms with Gasteiger partial charge in [0.15, 0.2) is 0 Å². The zero-order chi connectivity index (χ0) is 21.3. The molecule has 0 aliphatic rings. The molecule has 0 bridgehead atoms. The molecule has 6 heteroatoms. The molecular weight excluding hydrogens is 352 g/mol. The molecule has 2 rings (SSSR count). The van der Waals surface area contributed by atoms with Gasteiger partial charge in [-0.25, -0.2) is 0 Å². The SMILES string of the molecule is CNC(C(=O)NC(C=O)C(C)(C)C)C(C)(C)c1cn(C)c2ccc(CN)cc12. The molecule has 1 amide bonds. The number of rotatable bonds is 7. The van der Waals surface area contributed by atoms with Gasteiger partial charge in [-0.05, 0) is 35.7 Å². The van der Waals surface area contributed by atoms with Crippen molar-refractivity contribution in [3.05, 3.63) is 35.5 Å². The first-order valence-electron chi connectivity index (χ1n) is 9.68. The predicted octanol–water partition coefficient (Wildman–Crippen LogP) is 2.23. The molecule has 2 aromatic rings.